The van der Waals surface area contributed by atoms with Crippen molar-refractivity contribution < 1.29 is 5.11 Å². The topological polar surface area (TPSA) is 20.2 Å². The van der Waals surface area contributed by atoms with E-state index in [4.69, 9.17) is 0 Å². The Labute approximate surface area is 146 Å². The Kier molecular flexibility index (Phi) is 5.28. The minimum absolute atomic E-state index is 0.503. The third-order valence-corrected chi connectivity index (χ3v) is 5.50. The first kappa shape index (κ1) is 17.1. The molecule has 2 aromatic rings. The first-order valence-corrected chi connectivity index (χ1v) is 9.44. The van der Waals surface area contributed by atoms with Crippen molar-refractivity contribution in [3.8, 4) is 5.75 Å². The summed E-state index contributed by atoms with van der Waals surface area (Å²) in [5, 5.41) is 13.2. The Bertz CT molecular complexity index is 744. The molecule has 24 heavy (non-hydrogen) atoms. The first-order valence-electron chi connectivity index (χ1n) is 9.44. The van der Waals surface area contributed by atoms with Crippen LogP contribution >= 0.6 is 0 Å². The lowest BCUT2D eigenvalue weighted by Crippen LogP contribution is -2.05. The molecule has 1 aliphatic rings. The van der Waals surface area contributed by atoms with Crippen LogP contribution in [0, 0.1) is 6.92 Å². The number of phenolic OH excluding ortho intramolecular Hbond substituents is 1. The second-order valence-electron chi connectivity index (χ2n) is 7.65. The standard InChI is InChI=1S/C23H30O/c1-16(2)8-7-11-20-17(3)12-13-19-14-22(23(24)15-21(19)20)18-9-5-4-6-10-18/h8,12-15,18,24H,4-7,9-11H2,1-3H3. The van der Waals surface area contributed by atoms with E-state index in [1.165, 1.54) is 65.1 Å². The fourth-order valence-electron chi connectivity index (χ4n) is 4.13. The highest BCUT2D eigenvalue weighted by molar-refractivity contribution is 5.89. The maximum Gasteiger partial charge on any atom is 0.119 e. The first-order chi connectivity index (χ1) is 11.6. The van der Waals surface area contributed by atoms with E-state index in [-0.39, 0.29) is 0 Å². The van der Waals surface area contributed by atoms with E-state index in [1.54, 1.807) is 0 Å². The van der Waals surface area contributed by atoms with Gasteiger partial charge in [0.1, 0.15) is 5.75 Å². The molecular formula is C23H30O. The molecule has 1 nitrogen and oxygen atoms in total. The van der Waals surface area contributed by atoms with Gasteiger partial charge < -0.3 is 5.11 Å². The molecule has 1 saturated carbocycles. The quantitative estimate of drug-likeness (QED) is 0.614. The van der Waals surface area contributed by atoms with E-state index in [0.717, 1.165) is 12.8 Å². The Balaban J connectivity index is 1.99. The molecule has 1 N–H and O–H groups in total. The van der Waals surface area contributed by atoms with Crippen molar-refractivity contribution in [2.75, 3.05) is 0 Å². The van der Waals surface area contributed by atoms with Crippen molar-refractivity contribution in [3.63, 3.8) is 0 Å². The van der Waals surface area contributed by atoms with E-state index in [1.807, 2.05) is 6.07 Å². The van der Waals surface area contributed by atoms with Crippen LogP contribution in [0.4, 0.5) is 0 Å². The third kappa shape index (κ3) is 3.66. The van der Waals surface area contributed by atoms with Crippen LogP contribution in [0.1, 0.15) is 75.0 Å². The van der Waals surface area contributed by atoms with Crippen molar-refractivity contribution in [2.24, 2.45) is 0 Å². The van der Waals surface area contributed by atoms with Crippen LogP contribution in [0.15, 0.2) is 35.9 Å². The number of hydrogen-bond acceptors (Lipinski definition) is 1. The second kappa shape index (κ2) is 7.42. The highest BCUT2D eigenvalue weighted by atomic mass is 16.3. The third-order valence-electron chi connectivity index (χ3n) is 5.50. The van der Waals surface area contributed by atoms with E-state index in [2.05, 4.69) is 45.0 Å². The second-order valence-corrected chi connectivity index (χ2v) is 7.65. The van der Waals surface area contributed by atoms with Gasteiger partial charge in [-0.2, -0.15) is 0 Å². The summed E-state index contributed by atoms with van der Waals surface area (Å²) in [6.07, 6.45) is 10.8. The summed E-state index contributed by atoms with van der Waals surface area (Å²) >= 11 is 0. The molecule has 0 amide bonds. The number of phenols is 1. The zero-order valence-corrected chi connectivity index (χ0v) is 15.4. The van der Waals surface area contributed by atoms with Crippen LogP contribution in [0.3, 0.4) is 0 Å². The molecule has 0 radical (unpaired) electrons. The summed E-state index contributed by atoms with van der Waals surface area (Å²) in [5.41, 5.74) is 5.25. The van der Waals surface area contributed by atoms with Gasteiger partial charge in [0.15, 0.2) is 0 Å². The molecule has 0 aromatic heterocycles. The van der Waals surface area contributed by atoms with Crippen LogP contribution in [-0.2, 0) is 6.42 Å². The average Bonchev–Trinajstić information content (AvgIpc) is 2.57. The van der Waals surface area contributed by atoms with Gasteiger partial charge in [-0.05, 0) is 92.0 Å². The van der Waals surface area contributed by atoms with Gasteiger partial charge in [-0.15, -0.1) is 0 Å². The number of hydrogen-bond donors (Lipinski definition) is 1. The number of fused-ring (bicyclic) bond motifs is 1. The van der Waals surface area contributed by atoms with E-state index < -0.39 is 0 Å². The summed E-state index contributed by atoms with van der Waals surface area (Å²) in [4.78, 5) is 0. The molecule has 2 aromatic carbocycles. The van der Waals surface area contributed by atoms with Gasteiger partial charge in [0.25, 0.3) is 0 Å². The summed E-state index contributed by atoms with van der Waals surface area (Å²) in [6.45, 7) is 6.49. The summed E-state index contributed by atoms with van der Waals surface area (Å²) in [6, 6.07) is 8.75. The maximum absolute atomic E-state index is 10.7. The lowest BCUT2D eigenvalue weighted by atomic mass is 9.82. The van der Waals surface area contributed by atoms with Gasteiger partial charge in [0.05, 0.1) is 0 Å². The fourth-order valence-corrected chi connectivity index (χ4v) is 4.13. The van der Waals surface area contributed by atoms with Gasteiger partial charge in [0, 0.05) is 0 Å². The molecule has 128 valence electrons. The lowest BCUT2D eigenvalue weighted by molar-refractivity contribution is 0.415. The smallest absolute Gasteiger partial charge is 0.119 e. The SMILES string of the molecule is CC(C)=CCCc1c(C)ccc2cc(C3CCCCC3)c(O)cc12. The Morgan fingerprint density at radius 1 is 1.12 bits per heavy atom. The van der Waals surface area contributed by atoms with Crippen molar-refractivity contribution >= 4 is 10.8 Å². The molecule has 1 heteroatoms. The van der Waals surface area contributed by atoms with Gasteiger partial charge in [0.2, 0.25) is 0 Å². The Hall–Kier alpha value is -1.76. The zero-order chi connectivity index (χ0) is 17.1. The number of aromatic hydroxyl groups is 1. The molecule has 0 heterocycles. The van der Waals surface area contributed by atoms with Crippen LogP contribution in [0.25, 0.3) is 10.8 Å². The van der Waals surface area contributed by atoms with Crippen LogP contribution in [-0.4, -0.2) is 5.11 Å². The Morgan fingerprint density at radius 2 is 1.88 bits per heavy atom. The zero-order valence-electron chi connectivity index (χ0n) is 15.4. The molecular weight excluding hydrogens is 292 g/mol. The molecule has 0 unspecified atom stereocenters. The van der Waals surface area contributed by atoms with Gasteiger partial charge in [-0.25, -0.2) is 0 Å². The highest BCUT2D eigenvalue weighted by Gasteiger charge is 2.19. The van der Waals surface area contributed by atoms with Crippen molar-refractivity contribution in [1.29, 1.82) is 0 Å². The van der Waals surface area contributed by atoms with Crippen molar-refractivity contribution in [3.05, 3.63) is 52.6 Å². The maximum atomic E-state index is 10.7. The number of aryl methyl sites for hydroxylation is 2. The van der Waals surface area contributed by atoms with Crippen molar-refractivity contribution in [2.45, 2.75) is 71.6 Å². The van der Waals surface area contributed by atoms with Gasteiger partial charge in [-0.3, -0.25) is 0 Å². The van der Waals surface area contributed by atoms with Gasteiger partial charge in [-0.1, -0.05) is 43.0 Å². The predicted molar refractivity (Wildman–Crippen MR) is 104 cm³/mol. The Morgan fingerprint density at radius 3 is 2.58 bits per heavy atom. The van der Waals surface area contributed by atoms with Gasteiger partial charge >= 0.3 is 0 Å². The minimum Gasteiger partial charge on any atom is -0.508 e. The summed E-state index contributed by atoms with van der Waals surface area (Å²) in [7, 11) is 0. The van der Waals surface area contributed by atoms with E-state index >= 15 is 0 Å². The minimum atomic E-state index is 0.503. The van der Waals surface area contributed by atoms with Crippen molar-refractivity contribution in [1.82, 2.24) is 0 Å². The molecule has 3 rings (SSSR count). The fraction of sp³-hybridized carbons (Fsp3) is 0.478. The summed E-state index contributed by atoms with van der Waals surface area (Å²) < 4.78 is 0. The molecule has 0 aliphatic heterocycles. The molecule has 0 spiro atoms. The van der Waals surface area contributed by atoms with Crippen LogP contribution in [0.2, 0.25) is 0 Å². The monoisotopic (exact) mass is 322 g/mol. The number of rotatable bonds is 4. The molecule has 1 aliphatic carbocycles. The molecule has 0 bridgehead atoms. The van der Waals surface area contributed by atoms with E-state index in [0.29, 0.717) is 11.7 Å². The largest absolute Gasteiger partial charge is 0.508 e. The predicted octanol–water partition coefficient (Wildman–Crippen LogP) is 6.80. The highest BCUT2D eigenvalue weighted by Crippen LogP contribution is 2.40. The molecule has 0 atom stereocenters. The average molecular weight is 322 g/mol. The van der Waals surface area contributed by atoms with Crippen LogP contribution < -0.4 is 0 Å². The summed E-state index contributed by atoms with van der Waals surface area (Å²) in [5.74, 6) is 1.04. The van der Waals surface area contributed by atoms with E-state index in [9.17, 15) is 5.11 Å². The number of allylic oxidation sites excluding steroid dienone is 2. The molecule has 1 fully saturated rings. The normalized spacial score (nSPS) is 15.6. The van der Waals surface area contributed by atoms with Crippen LogP contribution in [0.5, 0.6) is 5.75 Å². The number of benzene rings is 2. The lowest BCUT2D eigenvalue weighted by Gasteiger charge is -2.23. The molecule has 0 saturated heterocycles.